The molecule has 1 heterocycles. The van der Waals surface area contributed by atoms with Gasteiger partial charge >= 0.3 is 18.2 Å². The first kappa shape index (κ1) is 18.1. The van der Waals surface area contributed by atoms with E-state index in [0.717, 1.165) is 4.68 Å². The van der Waals surface area contributed by atoms with E-state index in [4.69, 9.17) is 4.74 Å². The summed E-state index contributed by atoms with van der Waals surface area (Å²) in [5, 5.41) is 6.06. The maximum absolute atomic E-state index is 11.7. The van der Waals surface area contributed by atoms with Crippen molar-refractivity contribution in [2.24, 2.45) is 4.99 Å². The summed E-state index contributed by atoms with van der Waals surface area (Å²) in [7, 11) is 0. The van der Waals surface area contributed by atoms with Gasteiger partial charge in [-0.3, -0.25) is 10.1 Å². The van der Waals surface area contributed by atoms with E-state index in [-0.39, 0.29) is 5.96 Å². The second-order valence-corrected chi connectivity index (χ2v) is 5.18. The fourth-order valence-corrected chi connectivity index (χ4v) is 1.20. The zero-order valence-corrected chi connectivity index (χ0v) is 13.2. The van der Waals surface area contributed by atoms with E-state index in [1.807, 2.05) is 0 Å². The number of nitrogens with one attached hydrogen (secondary N) is 1. The van der Waals surface area contributed by atoms with E-state index in [9.17, 15) is 14.4 Å². The molecule has 0 aromatic carbocycles. The van der Waals surface area contributed by atoms with Crippen LogP contribution in [-0.2, 0) is 19.0 Å². The number of nitrogens with zero attached hydrogens (tertiary/aromatic N) is 3. The number of amides is 2. The number of ether oxygens (including phenoxy) is 3. The maximum atomic E-state index is 11.7. The van der Waals surface area contributed by atoms with Gasteiger partial charge in [0.2, 0.25) is 12.8 Å². The lowest BCUT2D eigenvalue weighted by Gasteiger charge is -2.17. The van der Waals surface area contributed by atoms with Crippen molar-refractivity contribution in [2.75, 3.05) is 6.79 Å². The Labute approximate surface area is 132 Å². The van der Waals surface area contributed by atoms with Gasteiger partial charge in [-0.2, -0.15) is 5.10 Å². The number of rotatable bonds is 2. The third kappa shape index (κ3) is 7.60. The summed E-state index contributed by atoms with van der Waals surface area (Å²) < 4.78 is 15.2. The smallest absolute Gasteiger partial charge is 0.437 e. The lowest BCUT2D eigenvalue weighted by atomic mass is 10.2. The van der Waals surface area contributed by atoms with Gasteiger partial charge in [-0.1, -0.05) is 0 Å². The molecule has 0 spiro atoms. The van der Waals surface area contributed by atoms with E-state index in [1.165, 1.54) is 19.3 Å². The number of hydrogen-bond donors (Lipinski definition) is 1. The van der Waals surface area contributed by atoms with Crippen LogP contribution in [0.5, 0.6) is 0 Å². The van der Waals surface area contributed by atoms with Crippen molar-refractivity contribution in [3.05, 3.63) is 18.5 Å². The lowest BCUT2D eigenvalue weighted by molar-refractivity contribution is -0.148. The van der Waals surface area contributed by atoms with Crippen molar-refractivity contribution < 1.29 is 28.6 Å². The normalized spacial score (nSPS) is 11.6. The Hall–Kier alpha value is -2.91. The quantitative estimate of drug-likeness (QED) is 0.376. The van der Waals surface area contributed by atoms with Crippen molar-refractivity contribution in [3.8, 4) is 0 Å². The highest BCUT2D eigenvalue weighted by molar-refractivity contribution is 5.99. The molecule has 2 amide bonds. The molecule has 0 atom stereocenters. The van der Waals surface area contributed by atoms with Crippen LogP contribution >= 0.6 is 0 Å². The van der Waals surface area contributed by atoms with Gasteiger partial charge in [0, 0.05) is 19.3 Å². The van der Waals surface area contributed by atoms with Gasteiger partial charge in [0.25, 0.3) is 0 Å². The lowest BCUT2D eigenvalue weighted by Crippen LogP contribution is -2.38. The highest BCUT2D eigenvalue weighted by Gasteiger charge is 2.18. The van der Waals surface area contributed by atoms with Crippen LogP contribution in [0.1, 0.15) is 27.7 Å². The standard InChI is InChI=1S/C13H18N4O6/c1-9(18)21-8-22-11(19)15-10(17-7-5-6-14-17)16-12(20)23-13(2,3)4/h5-7H,8H2,1-4H3,(H,15,16,19,20). The van der Waals surface area contributed by atoms with Crippen LogP contribution in [0.3, 0.4) is 0 Å². The van der Waals surface area contributed by atoms with Crippen molar-refractivity contribution in [3.63, 3.8) is 0 Å². The summed E-state index contributed by atoms with van der Waals surface area (Å²) in [4.78, 5) is 37.5. The number of aliphatic imine (C=N–C) groups is 1. The molecule has 1 aromatic heterocycles. The molecule has 0 aliphatic rings. The molecule has 1 N–H and O–H groups in total. The highest BCUT2D eigenvalue weighted by Crippen LogP contribution is 2.08. The Bertz CT molecular complexity index is 588. The van der Waals surface area contributed by atoms with Gasteiger partial charge in [0.15, 0.2) is 0 Å². The summed E-state index contributed by atoms with van der Waals surface area (Å²) >= 11 is 0. The van der Waals surface area contributed by atoms with Crippen LogP contribution in [0, 0.1) is 0 Å². The molecular weight excluding hydrogens is 308 g/mol. The van der Waals surface area contributed by atoms with Gasteiger partial charge < -0.3 is 14.2 Å². The Morgan fingerprint density at radius 1 is 1.26 bits per heavy atom. The fourth-order valence-electron chi connectivity index (χ4n) is 1.20. The number of carbonyl (C=O) groups is 3. The zero-order chi connectivity index (χ0) is 17.5. The average molecular weight is 326 g/mol. The predicted octanol–water partition coefficient (Wildman–Crippen LogP) is 1.27. The van der Waals surface area contributed by atoms with E-state index >= 15 is 0 Å². The second-order valence-electron chi connectivity index (χ2n) is 5.18. The van der Waals surface area contributed by atoms with Crippen LogP contribution in [-0.4, -0.2) is 46.3 Å². The minimum Gasteiger partial charge on any atom is -0.442 e. The molecule has 23 heavy (non-hydrogen) atoms. The molecule has 0 aliphatic carbocycles. The Balaban J connectivity index is 2.76. The minimum atomic E-state index is -0.982. The maximum Gasteiger partial charge on any atom is 0.437 e. The van der Waals surface area contributed by atoms with Crippen LogP contribution in [0.4, 0.5) is 9.59 Å². The number of alkyl carbamates (subject to hydrolysis) is 1. The van der Waals surface area contributed by atoms with Crippen LogP contribution in [0.2, 0.25) is 0 Å². The van der Waals surface area contributed by atoms with Crippen LogP contribution in [0.15, 0.2) is 23.5 Å². The molecule has 10 heteroatoms. The third-order valence-corrected chi connectivity index (χ3v) is 1.98. The van der Waals surface area contributed by atoms with E-state index < -0.39 is 30.5 Å². The van der Waals surface area contributed by atoms with Crippen LogP contribution in [0.25, 0.3) is 0 Å². The first-order valence-corrected chi connectivity index (χ1v) is 6.56. The summed E-state index contributed by atoms with van der Waals surface area (Å²) in [6, 6.07) is 1.57. The molecule has 0 aliphatic heterocycles. The first-order valence-electron chi connectivity index (χ1n) is 6.56. The van der Waals surface area contributed by atoms with Gasteiger partial charge in [-0.15, -0.1) is 4.99 Å². The second kappa shape index (κ2) is 7.92. The average Bonchev–Trinajstić information content (AvgIpc) is 2.88. The van der Waals surface area contributed by atoms with Crippen molar-refractivity contribution in [1.29, 1.82) is 0 Å². The topological polar surface area (TPSA) is 121 Å². The first-order chi connectivity index (χ1) is 10.7. The Morgan fingerprint density at radius 2 is 1.96 bits per heavy atom. The van der Waals surface area contributed by atoms with Crippen molar-refractivity contribution in [1.82, 2.24) is 15.1 Å². The molecule has 10 nitrogen and oxygen atoms in total. The Kier molecular flexibility index (Phi) is 6.24. The molecule has 0 fully saturated rings. The predicted molar refractivity (Wildman–Crippen MR) is 77.5 cm³/mol. The molecule has 1 aromatic rings. The zero-order valence-electron chi connectivity index (χ0n) is 13.2. The molecule has 0 saturated carbocycles. The number of esters is 1. The summed E-state index contributed by atoms with van der Waals surface area (Å²) in [6.07, 6.45) is 0.985. The Morgan fingerprint density at radius 3 is 2.48 bits per heavy atom. The SMILES string of the molecule is CC(=O)OCOC(=O)NC(=NC(=O)OC(C)(C)C)n1cccn1. The van der Waals surface area contributed by atoms with Gasteiger partial charge in [0.1, 0.15) is 5.60 Å². The monoisotopic (exact) mass is 326 g/mol. The molecule has 0 bridgehead atoms. The fraction of sp³-hybridized carbons (Fsp3) is 0.462. The molecule has 126 valence electrons. The van der Waals surface area contributed by atoms with E-state index in [0.29, 0.717) is 0 Å². The van der Waals surface area contributed by atoms with Gasteiger partial charge in [0.05, 0.1) is 0 Å². The molecule has 1 rings (SSSR count). The summed E-state index contributed by atoms with van der Waals surface area (Å²) in [5.41, 5.74) is -0.744. The van der Waals surface area contributed by atoms with Gasteiger partial charge in [-0.25, -0.2) is 14.3 Å². The van der Waals surface area contributed by atoms with Crippen molar-refractivity contribution >= 4 is 24.1 Å². The molecular formula is C13H18N4O6. The van der Waals surface area contributed by atoms with E-state index in [2.05, 4.69) is 24.9 Å². The number of aromatic nitrogens is 2. The number of carbonyl (C=O) groups excluding carboxylic acids is 3. The molecule has 0 saturated heterocycles. The number of hydrogen-bond acceptors (Lipinski definition) is 7. The molecule has 0 unspecified atom stereocenters. The van der Waals surface area contributed by atoms with E-state index in [1.54, 1.807) is 26.8 Å². The van der Waals surface area contributed by atoms with Crippen molar-refractivity contribution in [2.45, 2.75) is 33.3 Å². The summed E-state index contributed by atoms with van der Waals surface area (Å²) in [6.45, 7) is 5.62. The third-order valence-electron chi connectivity index (χ3n) is 1.98. The summed E-state index contributed by atoms with van der Waals surface area (Å²) in [5.74, 6) is -0.829. The minimum absolute atomic E-state index is 0.225. The highest BCUT2D eigenvalue weighted by atomic mass is 16.7. The van der Waals surface area contributed by atoms with Gasteiger partial charge in [-0.05, 0) is 26.8 Å². The molecule has 0 radical (unpaired) electrons. The largest absolute Gasteiger partial charge is 0.442 e. The van der Waals surface area contributed by atoms with Crippen LogP contribution < -0.4 is 5.32 Å².